The lowest BCUT2D eigenvalue weighted by Crippen LogP contribution is -2.29. The van der Waals surface area contributed by atoms with Crippen LogP contribution in [0.15, 0.2) is 67.1 Å². The van der Waals surface area contributed by atoms with Gasteiger partial charge >= 0.3 is 0 Å². The summed E-state index contributed by atoms with van der Waals surface area (Å²) in [7, 11) is 0. The summed E-state index contributed by atoms with van der Waals surface area (Å²) in [5.41, 5.74) is 4.67. The van der Waals surface area contributed by atoms with Gasteiger partial charge in [-0.15, -0.1) is 0 Å². The van der Waals surface area contributed by atoms with Crippen molar-refractivity contribution in [3.63, 3.8) is 0 Å². The van der Waals surface area contributed by atoms with Gasteiger partial charge in [-0.25, -0.2) is 0 Å². The third-order valence-corrected chi connectivity index (χ3v) is 4.36. The van der Waals surface area contributed by atoms with E-state index in [2.05, 4.69) is 21.4 Å². The van der Waals surface area contributed by atoms with Crippen molar-refractivity contribution in [2.75, 3.05) is 16.8 Å². The van der Waals surface area contributed by atoms with Crippen molar-refractivity contribution in [1.82, 2.24) is 9.97 Å². The van der Waals surface area contributed by atoms with Crippen molar-refractivity contribution in [2.24, 2.45) is 0 Å². The Balaban J connectivity index is 1.51. The summed E-state index contributed by atoms with van der Waals surface area (Å²) < 4.78 is 0. The maximum atomic E-state index is 12.9. The third-order valence-electron chi connectivity index (χ3n) is 4.36. The minimum atomic E-state index is -0.0579. The zero-order valence-corrected chi connectivity index (χ0v) is 13.7. The van der Waals surface area contributed by atoms with Crippen molar-refractivity contribution in [2.45, 2.75) is 13.0 Å². The van der Waals surface area contributed by atoms with E-state index < -0.39 is 0 Å². The van der Waals surface area contributed by atoms with Gasteiger partial charge in [-0.05, 0) is 47.9 Å². The van der Waals surface area contributed by atoms with Crippen LogP contribution in [0, 0.1) is 0 Å². The largest absolute Gasteiger partial charge is 0.381 e. The summed E-state index contributed by atoms with van der Waals surface area (Å²) in [6.45, 7) is 1.38. The van der Waals surface area contributed by atoms with E-state index in [4.69, 9.17) is 0 Å². The Labute approximate surface area is 146 Å². The molecule has 3 heterocycles. The van der Waals surface area contributed by atoms with E-state index in [0.29, 0.717) is 18.8 Å². The minimum absolute atomic E-state index is 0.0579. The molecule has 0 bridgehead atoms. The number of nitrogens with zero attached hydrogens (tertiary/aromatic N) is 3. The first kappa shape index (κ1) is 15.3. The van der Waals surface area contributed by atoms with Crippen LogP contribution in [0.5, 0.6) is 0 Å². The monoisotopic (exact) mass is 330 g/mol. The summed E-state index contributed by atoms with van der Waals surface area (Å²) in [5, 5.41) is 3.33. The van der Waals surface area contributed by atoms with Gasteiger partial charge in [-0.2, -0.15) is 0 Å². The van der Waals surface area contributed by atoms with Gasteiger partial charge in [0.25, 0.3) is 5.91 Å². The first-order valence-electron chi connectivity index (χ1n) is 8.30. The van der Waals surface area contributed by atoms with E-state index in [9.17, 15) is 4.79 Å². The highest BCUT2D eigenvalue weighted by Crippen LogP contribution is 2.28. The fraction of sp³-hybridized carbons (Fsp3) is 0.150. The number of nitrogens with one attached hydrogen (secondary N) is 1. The molecule has 3 aromatic rings. The highest BCUT2D eigenvalue weighted by atomic mass is 16.2. The molecular formula is C20H18N4O. The summed E-state index contributed by atoms with van der Waals surface area (Å²) in [6, 6.07) is 15.6. The number of hydrogen-bond donors (Lipinski definition) is 1. The topological polar surface area (TPSA) is 58.1 Å². The van der Waals surface area contributed by atoms with E-state index in [-0.39, 0.29) is 5.91 Å². The van der Waals surface area contributed by atoms with Crippen molar-refractivity contribution < 1.29 is 4.79 Å². The summed E-state index contributed by atoms with van der Waals surface area (Å²) in [5.74, 6) is -0.0579. The number of benzene rings is 1. The molecule has 124 valence electrons. The Morgan fingerprint density at radius 1 is 1.08 bits per heavy atom. The number of carbonyl (C=O) groups excluding carboxylic acids is 1. The van der Waals surface area contributed by atoms with Gasteiger partial charge in [0.15, 0.2) is 0 Å². The SMILES string of the molecule is O=C(c1cc(NCc2ccncc2)ccn1)N1CCc2ccccc21. The molecule has 25 heavy (non-hydrogen) atoms. The molecule has 0 unspecified atom stereocenters. The second-order valence-electron chi connectivity index (χ2n) is 5.97. The highest BCUT2D eigenvalue weighted by molar-refractivity contribution is 6.06. The van der Waals surface area contributed by atoms with Crippen molar-refractivity contribution >= 4 is 17.3 Å². The van der Waals surface area contributed by atoms with Crippen LogP contribution in [-0.2, 0) is 13.0 Å². The molecule has 2 aromatic heterocycles. The van der Waals surface area contributed by atoms with Gasteiger partial charge in [0.05, 0.1) is 0 Å². The number of pyridine rings is 2. The van der Waals surface area contributed by atoms with Crippen LogP contribution < -0.4 is 10.2 Å². The quantitative estimate of drug-likeness (QED) is 0.797. The molecule has 5 nitrogen and oxygen atoms in total. The molecule has 0 saturated carbocycles. The fourth-order valence-corrected chi connectivity index (χ4v) is 3.05. The molecule has 1 aliphatic heterocycles. The smallest absolute Gasteiger partial charge is 0.276 e. The number of fused-ring (bicyclic) bond motifs is 1. The minimum Gasteiger partial charge on any atom is -0.381 e. The lowest BCUT2D eigenvalue weighted by molar-refractivity contribution is 0.0984. The van der Waals surface area contributed by atoms with E-state index >= 15 is 0 Å². The van der Waals surface area contributed by atoms with Crippen LogP contribution in [-0.4, -0.2) is 22.4 Å². The molecule has 1 aliphatic rings. The molecule has 1 amide bonds. The number of para-hydroxylation sites is 1. The molecule has 0 radical (unpaired) electrons. The lowest BCUT2D eigenvalue weighted by Gasteiger charge is -2.17. The highest BCUT2D eigenvalue weighted by Gasteiger charge is 2.25. The molecule has 0 atom stereocenters. The predicted octanol–water partition coefficient (Wildman–Crippen LogP) is 3.29. The molecule has 5 heteroatoms. The number of rotatable bonds is 4. The van der Waals surface area contributed by atoms with Crippen LogP contribution in [0.2, 0.25) is 0 Å². The number of carbonyl (C=O) groups is 1. The number of hydrogen-bond acceptors (Lipinski definition) is 4. The van der Waals surface area contributed by atoms with Gasteiger partial charge in [-0.3, -0.25) is 14.8 Å². The molecule has 0 aliphatic carbocycles. The second kappa shape index (κ2) is 6.73. The predicted molar refractivity (Wildman–Crippen MR) is 97.6 cm³/mol. The van der Waals surface area contributed by atoms with Gasteiger partial charge in [-0.1, -0.05) is 18.2 Å². The Hall–Kier alpha value is -3.21. The molecule has 1 aromatic carbocycles. The van der Waals surface area contributed by atoms with Gasteiger partial charge in [0, 0.05) is 43.1 Å². The Morgan fingerprint density at radius 2 is 1.92 bits per heavy atom. The first-order valence-corrected chi connectivity index (χ1v) is 8.30. The van der Waals surface area contributed by atoms with Crippen LogP contribution in [0.4, 0.5) is 11.4 Å². The Kier molecular flexibility index (Phi) is 4.12. The maximum Gasteiger partial charge on any atom is 0.276 e. The average Bonchev–Trinajstić information content (AvgIpc) is 3.11. The molecule has 0 spiro atoms. The van der Waals surface area contributed by atoms with Crippen molar-refractivity contribution in [3.05, 3.63) is 83.9 Å². The number of anilines is 2. The first-order chi connectivity index (χ1) is 12.3. The Bertz CT molecular complexity index is 895. The third kappa shape index (κ3) is 3.21. The van der Waals surface area contributed by atoms with E-state index in [1.54, 1.807) is 18.6 Å². The summed E-state index contributed by atoms with van der Waals surface area (Å²) in [6.07, 6.45) is 6.10. The zero-order valence-electron chi connectivity index (χ0n) is 13.7. The standard InChI is InChI=1S/C20H18N4O/c25-20(24-12-8-16-3-1-2-4-19(16)24)18-13-17(7-11-22-18)23-14-15-5-9-21-10-6-15/h1-7,9-11,13H,8,12,14H2,(H,22,23). The van der Waals surface area contributed by atoms with Gasteiger partial charge < -0.3 is 10.2 Å². The zero-order chi connectivity index (χ0) is 17.1. The second-order valence-corrected chi connectivity index (χ2v) is 5.97. The molecular weight excluding hydrogens is 312 g/mol. The van der Waals surface area contributed by atoms with Crippen LogP contribution in [0.1, 0.15) is 21.6 Å². The number of aromatic nitrogens is 2. The van der Waals surface area contributed by atoms with Crippen LogP contribution >= 0.6 is 0 Å². The average molecular weight is 330 g/mol. The molecule has 0 fully saturated rings. The number of amides is 1. The van der Waals surface area contributed by atoms with E-state index in [1.165, 1.54) is 5.56 Å². The molecule has 0 saturated heterocycles. The Morgan fingerprint density at radius 3 is 2.80 bits per heavy atom. The van der Waals surface area contributed by atoms with E-state index in [0.717, 1.165) is 23.4 Å². The normalized spacial score (nSPS) is 12.7. The molecule has 1 N–H and O–H groups in total. The molecule has 4 rings (SSSR count). The summed E-state index contributed by atoms with van der Waals surface area (Å²) >= 11 is 0. The van der Waals surface area contributed by atoms with E-state index in [1.807, 2.05) is 47.4 Å². The lowest BCUT2D eigenvalue weighted by atomic mass is 10.2. The van der Waals surface area contributed by atoms with Crippen LogP contribution in [0.3, 0.4) is 0 Å². The fourth-order valence-electron chi connectivity index (χ4n) is 3.05. The summed E-state index contributed by atoms with van der Waals surface area (Å²) in [4.78, 5) is 23.0. The maximum absolute atomic E-state index is 12.9. The van der Waals surface area contributed by atoms with Crippen LogP contribution in [0.25, 0.3) is 0 Å². The van der Waals surface area contributed by atoms with Gasteiger partial charge in [0.2, 0.25) is 0 Å². The van der Waals surface area contributed by atoms with Gasteiger partial charge in [0.1, 0.15) is 5.69 Å². The van der Waals surface area contributed by atoms with Crippen molar-refractivity contribution in [3.8, 4) is 0 Å². The van der Waals surface area contributed by atoms with Crippen molar-refractivity contribution in [1.29, 1.82) is 0 Å².